The molecule has 8 heteroatoms. The zero-order chi connectivity index (χ0) is 18.4. The van der Waals surface area contributed by atoms with E-state index in [1.165, 1.54) is 38.3 Å². The summed E-state index contributed by atoms with van der Waals surface area (Å²) in [7, 11) is 1.41. The van der Waals surface area contributed by atoms with E-state index in [2.05, 4.69) is 4.98 Å². The van der Waals surface area contributed by atoms with Crippen molar-refractivity contribution in [3.05, 3.63) is 63.8 Å². The fourth-order valence-corrected chi connectivity index (χ4v) is 2.64. The molecule has 3 rings (SSSR count). The summed E-state index contributed by atoms with van der Waals surface area (Å²) in [6.07, 6.45) is -5.14. The van der Waals surface area contributed by atoms with E-state index >= 15 is 0 Å². The number of fused-ring (bicyclic) bond motifs is 1. The Labute approximate surface area is 139 Å². The molecule has 0 saturated heterocycles. The lowest BCUT2D eigenvalue weighted by Crippen LogP contribution is -2.46. The van der Waals surface area contributed by atoms with Crippen LogP contribution in [0.5, 0.6) is 5.75 Å². The lowest BCUT2D eigenvalue weighted by atomic mass is 9.90. The third-order valence-electron chi connectivity index (χ3n) is 3.96. The SMILES string of the molecule is COc1ccc2cc(C(O)(c3ccc(C)[nH]3)C(F)(F)F)c(=O)oc2c1. The molecular formula is C17H14F3NO4. The van der Waals surface area contributed by atoms with E-state index in [0.717, 1.165) is 12.1 Å². The number of aliphatic hydroxyl groups is 1. The number of nitrogens with one attached hydrogen (secondary N) is 1. The van der Waals surface area contributed by atoms with E-state index in [9.17, 15) is 23.1 Å². The molecule has 2 aromatic heterocycles. The highest BCUT2D eigenvalue weighted by atomic mass is 19.4. The molecular weight excluding hydrogens is 339 g/mol. The van der Waals surface area contributed by atoms with Crippen molar-refractivity contribution in [2.45, 2.75) is 18.7 Å². The van der Waals surface area contributed by atoms with E-state index in [1.54, 1.807) is 0 Å². The Morgan fingerprint density at radius 1 is 1.16 bits per heavy atom. The van der Waals surface area contributed by atoms with Gasteiger partial charge in [0.2, 0.25) is 5.60 Å². The number of rotatable bonds is 3. The highest BCUT2D eigenvalue weighted by Gasteiger charge is 2.59. The van der Waals surface area contributed by atoms with Gasteiger partial charge in [-0.1, -0.05) is 0 Å². The zero-order valence-electron chi connectivity index (χ0n) is 13.3. The number of methoxy groups -OCH3 is 1. The average molecular weight is 353 g/mol. The smallest absolute Gasteiger partial charge is 0.427 e. The number of hydrogen-bond acceptors (Lipinski definition) is 4. The maximum Gasteiger partial charge on any atom is 0.427 e. The largest absolute Gasteiger partial charge is 0.497 e. The average Bonchev–Trinajstić information content (AvgIpc) is 2.98. The van der Waals surface area contributed by atoms with Crippen LogP contribution in [0, 0.1) is 6.92 Å². The second-order valence-corrected chi connectivity index (χ2v) is 5.61. The lowest BCUT2D eigenvalue weighted by molar-refractivity contribution is -0.250. The Balaban J connectivity index is 2.30. The van der Waals surface area contributed by atoms with Gasteiger partial charge in [-0.15, -0.1) is 0 Å². The number of alkyl halides is 3. The van der Waals surface area contributed by atoms with Crippen LogP contribution in [-0.4, -0.2) is 23.4 Å². The molecule has 0 saturated carbocycles. The number of aromatic amines is 1. The van der Waals surface area contributed by atoms with Crippen molar-refractivity contribution in [1.29, 1.82) is 0 Å². The highest BCUT2D eigenvalue weighted by molar-refractivity contribution is 5.78. The van der Waals surface area contributed by atoms with Gasteiger partial charge in [0.25, 0.3) is 0 Å². The Morgan fingerprint density at radius 3 is 2.44 bits per heavy atom. The van der Waals surface area contributed by atoms with Crippen LogP contribution in [0.15, 0.2) is 45.6 Å². The predicted molar refractivity (Wildman–Crippen MR) is 83.6 cm³/mol. The van der Waals surface area contributed by atoms with Crippen LogP contribution in [-0.2, 0) is 5.60 Å². The van der Waals surface area contributed by atoms with Crippen molar-refractivity contribution in [1.82, 2.24) is 4.98 Å². The third-order valence-corrected chi connectivity index (χ3v) is 3.96. The maximum atomic E-state index is 13.7. The van der Waals surface area contributed by atoms with Crippen LogP contribution in [0.4, 0.5) is 13.2 Å². The summed E-state index contributed by atoms with van der Waals surface area (Å²) >= 11 is 0. The van der Waals surface area contributed by atoms with Crippen molar-refractivity contribution in [3.63, 3.8) is 0 Å². The second kappa shape index (κ2) is 5.66. The van der Waals surface area contributed by atoms with E-state index in [4.69, 9.17) is 9.15 Å². The molecule has 0 amide bonds. The van der Waals surface area contributed by atoms with Gasteiger partial charge in [-0.25, -0.2) is 4.79 Å². The molecule has 0 aliphatic heterocycles. The van der Waals surface area contributed by atoms with E-state index in [1.807, 2.05) is 0 Å². The summed E-state index contributed by atoms with van der Waals surface area (Å²) in [6, 6.07) is 7.77. The van der Waals surface area contributed by atoms with Gasteiger partial charge in [-0.2, -0.15) is 13.2 Å². The fourth-order valence-electron chi connectivity index (χ4n) is 2.64. The monoisotopic (exact) mass is 353 g/mol. The van der Waals surface area contributed by atoms with Gasteiger partial charge in [0.1, 0.15) is 11.3 Å². The molecule has 0 aliphatic rings. The standard InChI is InChI=1S/C17H14F3NO4/c1-9-3-6-14(21-9)16(23,17(18,19)20)12-7-10-4-5-11(24-2)8-13(10)25-15(12)22/h3-8,21,23H,1-2H3. The molecule has 0 fully saturated rings. The Kier molecular flexibility index (Phi) is 3.87. The van der Waals surface area contributed by atoms with Gasteiger partial charge in [-0.3, -0.25) is 0 Å². The summed E-state index contributed by atoms with van der Waals surface area (Å²) < 4.78 is 51.1. The number of aromatic nitrogens is 1. The van der Waals surface area contributed by atoms with E-state index in [0.29, 0.717) is 11.4 Å². The molecule has 1 unspecified atom stereocenters. The topological polar surface area (TPSA) is 75.5 Å². The van der Waals surface area contributed by atoms with Crippen LogP contribution in [0.1, 0.15) is 17.0 Å². The molecule has 0 aliphatic carbocycles. The molecule has 0 spiro atoms. The first-order valence-electron chi connectivity index (χ1n) is 7.24. The van der Waals surface area contributed by atoms with Crippen LogP contribution < -0.4 is 10.4 Å². The normalized spacial score (nSPS) is 14.5. The van der Waals surface area contributed by atoms with E-state index in [-0.39, 0.29) is 11.0 Å². The fraction of sp³-hybridized carbons (Fsp3) is 0.235. The number of ether oxygens (including phenoxy) is 1. The Bertz CT molecular complexity index is 989. The maximum absolute atomic E-state index is 13.7. The summed E-state index contributed by atoms with van der Waals surface area (Å²) in [6.45, 7) is 1.54. The summed E-state index contributed by atoms with van der Waals surface area (Å²) in [5, 5.41) is 10.7. The number of H-pyrrole nitrogens is 1. The van der Waals surface area contributed by atoms with E-state index < -0.39 is 28.7 Å². The quantitative estimate of drug-likeness (QED) is 0.709. The molecule has 25 heavy (non-hydrogen) atoms. The number of aryl methyl sites for hydroxylation is 1. The molecule has 1 atom stereocenters. The Hall–Kier alpha value is -2.74. The summed E-state index contributed by atoms with van der Waals surface area (Å²) in [5.41, 5.74) is -5.81. The molecule has 3 aromatic rings. The molecule has 1 aromatic carbocycles. The molecule has 5 nitrogen and oxygen atoms in total. The number of halogens is 3. The summed E-state index contributed by atoms with van der Waals surface area (Å²) in [5.74, 6) is 0.384. The van der Waals surface area contributed by atoms with Crippen LogP contribution in [0.2, 0.25) is 0 Å². The minimum atomic E-state index is -5.14. The van der Waals surface area contributed by atoms with Gasteiger partial charge in [0, 0.05) is 17.1 Å². The minimum Gasteiger partial charge on any atom is -0.497 e. The molecule has 0 radical (unpaired) electrons. The highest BCUT2D eigenvalue weighted by Crippen LogP contribution is 2.43. The second-order valence-electron chi connectivity index (χ2n) is 5.61. The van der Waals surface area contributed by atoms with Crippen molar-refractivity contribution < 1.29 is 27.4 Å². The van der Waals surface area contributed by atoms with Crippen LogP contribution in [0.25, 0.3) is 11.0 Å². The van der Waals surface area contributed by atoms with Crippen molar-refractivity contribution >= 4 is 11.0 Å². The molecule has 2 N–H and O–H groups in total. The van der Waals surface area contributed by atoms with Crippen LogP contribution >= 0.6 is 0 Å². The first kappa shape index (κ1) is 17.1. The summed E-state index contributed by atoms with van der Waals surface area (Å²) in [4.78, 5) is 14.7. The molecule has 132 valence electrons. The predicted octanol–water partition coefficient (Wildman–Crippen LogP) is 3.24. The van der Waals surface area contributed by atoms with Crippen molar-refractivity contribution in [3.8, 4) is 5.75 Å². The van der Waals surface area contributed by atoms with Crippen LogP contribution in [0.3, 0.4) is 0 Å². The van der Waals surface area contributed by atoms with Gasteiger partial charge in [-0.05, 0) is 37.3 Å². The third kappa shape index (κ3) is 2.68. The minimum absolute atomic E-state index is 0.0558. The van der Waals surface area contributed by atoms with Gasteiger partial charge in [0.15, 0.2) is 0 Å². The van der Waals surface area contributed by atoms with Crippen molar-refractivity contribution in [2.75, 3.05) is 7.11 Å². The first-order valence-corrected chi connectivity index (χ1v) is 7.24. The van der Waals surface area contributed by atoms with Crippen molar-refractivity contribution in [2.24, 2.45) is 0 Å². The number of benzene rings is 1. The lowest BCUT2D eigenvalue weighted by Gasteiger charge is -2.29. The first-order chi connectivity index (χ1) is 11.7. The molecule has 2 heterocycles. The zero-order valence-corrected chi connectivity index (χ0v) is 13.3. The van der Waals surface area contributed by atoms with Gasteiger partial charge in [0.05, 0.1) is 18.4 Å². The van der Waals surface area contributed by atoms with Gasteiger partial charge >= 0.3 is 11.8 Å². The van der Waals surface area contributed by atoms with Gasteiger partial charge < -0.3 is 19.2 Å². The molecule has 0 bridgehead atoms. The number of hydrogen-bond donors (Lipinski definition) is 2. The Morgan fingerprint density at radius 2 is 1.88 bits per heavy atom.